The molecule has 2 rings (SSSR count). The van der Waals surface area contributed by atoms with E-state index in [1.807, 2.05) is 25.1 Å². The van der Waals surface area contributed by atoms with Crippen LogP contribution in [0, 0.1) is 0 Å². The van der Waals surface area contributed by atoms with Crippen molar-refractivity contribution in [1.29, 1.82) is 0 Å². The Morgan fingerprint density at radius 3 is 2.88 bits per heavy atom. The minimum absolute atomic E-state index is 0.171. The fourth-order valence-electron chi connectivity index (χ4n) is 1.73. The first-order valence-corrected chi connectivity index (χ1v) is 7.34. The van der Waals surface area contributed by atoms with Crippen LogP contribution in [-0.4, -0.2) is 19.2 Å². The number of H-pyrrole nitrogens is 1. The highest BCUT2D eigenvalue weighted by molar-refractivity contribution is 7.92. The molecule has 4 nitrogen and oxygen atoms in total. The summed E-state index contributed by atoms with van der Waals surface area (Å²) in [5.41, 5.74) is 1.57. The van der Waals surface area contributed by atoms with Gasteiger partial charge in [0.05, 0.1) is 11.4 Å². The molecule has 92 valence electrons. The van der Waals surface area contributed by atoms with E-state index in [4.69, 9.17) is 0 Å². The first-order chi connectivity index (χ1) is 8.12. The predicted molar refractivity (Wildman–Crippen MR) is 70.6 cm³/mol. The maximum Gasteiger partial charge on any atom is 0.232 e. The summed E-state index contributed by atoms with van der Waals surface area (Å²) in [6.07, 6.45) is 3.35. The molecule has 0 amide bonds. The van der Waals surface area contributed by atoms with Crippen LogP contribution in [0.25, 0.3) is 10.9 Å². The third kappa shape index (κ3) is 2.79. The lowest BCUT2D eigenvalue weighted by molar-refractivity contribution is 0.598. The van der Waals surface area contributed by atoms with Gasteiger partial charge in [-0.15, -0.1) is 0 Å². The van der Waals surface area contributed by atoms with Gasteiger partial charge in [-0.05, 0) is 24.6 Å². The molecule has 1 heterocycles. The highest BCUT2D eigenvalue weighted by Gasteiger charge is 2.11. The van der Waals surface area contributed by atoms with Gasteiger partial charge in [-0.25, -0.2) is 8.42 Å². The molecule has 0 aliphatic carbocycles. The van der Waals surface area contributed by atoms with Gasteiger partial charge in [0, 0.05) is 17.1 Å². The standard InChI is InChI=1S/C12H16N2O2S/c1-2-3-9-17(15,16)14-12-6-4-5-11-10(12)7-8-13-11/h4-8,13-14H,2-3,9H2,1H3. The van der Waals surface area contributed by atoms with Crippen molar-refractivity contribution in [3.8, 4) is 0 Å². The average molecular weight is 252 g/mol. The smallest absolute Gasteiger partial charge is 0.232 e. The van der Waals surface area contributed by atoms with E-state index in [0.717, 1.165) is 17.3 Å². The van der Waals surface area contributed by atoms with Gasteiger partial charge in [0.15, 0.2) is 0 Å². The normalized spacial score (nSPS) is 11.8. The molecule has 0 aliphatic rings. The molecule has 0 aliphatic heterocycles. The van der Waals surface area contributed by atoms with E-state index in [0.29, 0.717) is 12.1 Å². The Bertz CT molecular complexity index is 602. The van der Waals surface area contributed by atoms with E-state index in [9.17, 15) is 8.42 Å². The minimum Gasteiger partial charge on any atom is -0.361 e. The Morgan fingerprint density at radius 1 is 1.29 bits per heavy atom. The summed E-state index contributed by atoms with van der Waals surface area (Å²) in [5, 5.41) is 0.896. The molecule has 5 heteroatoms. The van der Waals surface area contributed by atoms with E-state index in [2.05, 4.69) is 9.71 Å². The lowest BCUT2D eigenvalue weighted by Gasteiger charge is -2.08. The van der Waals surface area contributed by atoms with E-state index >= 15 is 0 Å². The zero-order chi connectivity index (χ0) is 12.3. The molecular weight excluding hydrogens is 236 g/mol. The maximum absolute atomic E-state index is 11.8. The Morgan fingerprint density at radius 2 is 2.12 bits per heavy atom. The monoisotopic (exact) mass is 252 g/mol. The molecule has 0 radical (unpaired) electrons. The second-order valence-electron chi connectivity index (χ2n) is 4.02. The predicted octanol–water partition coefficient (Wildman–Crippen LogP) is 2.71. The van der Waals surface area contributed by atoms with Crippen molar-refractivity contribution < 1.29 is 8.42 Å². The summed E-state index contributed by atoms with van der Waals surface area (Å²) in [6, 6.07) is 7.39. The molecule has 0 fully saturated rings. The maximum atomic E-state index is 11.8. The number of benzene rings is 1. The second-order valence-corrected chi connectivity index (χ2v) is 5.86. The van der Waals surface area contributed by atoms with Gasteiger partial charge in [-0.3, -0.25) is 4.72 Å². The number of hydrogen-bond acceptors (Lipinski definition) is 2. The van der Waals surface area contributed by atoms with Crippen LogP contribution in [0.2, 0.25) is 0 Å². The summed E-state index contributed by atoms with van der Waals surface area (Å²) in [7, 11) is -3.23. The van der Waals surface area contributed by atoms with Crippen molar-refractivity contribution in [2.45, 2.75) is 19.8 Å². The number of unbranched alkanes of at least 4 members (excludes halogenated alkanes) is 1. The van der Waals surface area contributed by atoms with Gasteiger partial charge in [0.1, 0.15) is 0 Å². The van der Waals surface area contributed by atoms with Crippen molar-refractivity contribution >= 4 is 26.6 Å². The molecule has 0 spiro atoms. The van der Waals surface area contributed by atoms with Gasteiger partial charge in [0.2, 0.25) is 10.0 Å². The largest absolute Gasteiger partial charge is 0.361 e. The molecule has 0 unspecified atom stereocenters. The first kappa shape index (κ1) is 12.0. The number of nitrogens with one attached hydrogen (secondary N) is 2. The van der Waals surface area contributed by atoms with Crippen molar-refractivity contribution in [1.82, 2.24) is 4.98 Å². The number of fused-ring (bicyclic) bond motifs is 1. The Balaban J connectivity index is 2.26. The summed E-state index contributed by atoms with van der Waals surface area (Å²) < 4.78 is 26.2. The van der Waals surface area contributed by atoms with Crippen LogP contribution in [0.1, 0.15) is 19.8 Å². The summed E-state index contributed by atoms with van der Waals surface area (Å²) >= 11 is 0. The molecule has 17 heavy (non-hydrogen) atoms. The topological polar surface area (TPSA) is 62.0 Å². The van der Waals surface area contributed by atoms with Crippen molar-refractivity contribution in [3.05, 3.63) is 30.5 Å². The van der Waals surface area contributed by atoms with Crippen LogP contribution in [0.4, 0.5) is 5.69 Å². The molecule has 0 atom stereocenters. The van der Waals surface area contributed by atoms with Gasteiger partial charge < -0.3 is 4.98 Å². The van der Waals surface area contributed by atoms with Crippen molar-refractivity contribution in [3.63, 3.8) is 0 Å². The van der Waals surface area contributed by atoms with Crippen molar-refractivity contribution in [2.24, 2.45) is 0 Å². The number of hydrogen-bond donors (Lipinski definition) is 2. The van der Waals surface area contributed by atoms with E-state index in [-0.39, 0.29) is 5.75 Å². The van der Waals surface area contributed by atoms with Crippen LogP contribution >= 0.6 is 0 Å². The quantitative estimate of drug-likeness (QED) is 0.859. The Labute approximate surface area is 101 Å². The SMILES string of the molecule is CCCCS(=O)(=O)Nc1cccc2[nH]ccc12. The van der Waals surface area contributed by atoms with Crippen molar-refractivity contribution in [2.75, 3.05) is 10.5 Å². The molecule has 0 saturated carbocycles. The molecule has 2 aromatic rings. The van der Waals surface area contributed by atoms with E-state index in [1.165, 1.54) is 0 Å². The minimum atomic E-state index is -3.23. The fraction of sp³-hybridized carbons (Fsp3) is 0.333. The van der Waals surface area contributed by atoms with Crippen LogP contribution in [0.15, 0.2) is 30.5 Å². The molecule has 0 bridgehead atoms. The lowest BCUT2D eigenvalue weighted by Crippen LogP contribution is -2.16. The number of anilines is 1. The highest BCUT2D eigenvalue weighted by Crippen LogP contribution is 2.23. The molecular formula is C12H16N2O2S. The number of aromatic amines is 1. The van der Waals surface area contributed by atoms with Crippen LogP contribution in [-0.2, 0) is 10.0 Å². The summed E-state index contributed by atoms with van der Waals surface area (Å²) in [4.78, 5) is 3.05. The third-order valence-electron chi connectivity index (χ3n) is 2.63. The van der Waals surface area contributed by atoms with Gasteiger partial charge >= 0.3 is 0 Å². The second kappa shape index (κ2) is 4.79. The summed E-state index contributed by atoms with van der Waals surface area (Å²) in [5.74, 6) is 0.171. The Kier molecular flexibility index (Phi) is 3.38. The van der Waals surface area contributed by atoms with Crippen LogP contribution in [0.5, 0.6) is 0 Å². The summed E-state index contributed by atoms with van der Waals surface area (Å²) in [6.45, 7) is 1.97. The molecule has 1 aromatic carbocycles. The van der Waals surface area contributed by atoms with Gasteiger partial charge in [-0.1, -0.05) is 19.4 Å². The zero-order valence-electron chi connectivity index (χ0n) is 9.73. The zero-order valence-corrected chi connectivity index (χ0v) is 10.5. The Hall–Kier alpha value is -1.49. The number of aromatic nitrogens is 1. The van der Waals surface area contributed by atoms with Gasteiger partial charge in [0.25, 0.3) is 0 Å². The average Bonchev–Trinajstić information content (AvgIpc) is 2.75. The highest BCUT2D eigenvalue weighted by atomic mass is 32.2. The van der Waals surface area contributed by atoms with Crippen LogP contribution in [0.3, 0.4) is 0 Å². The van der Waals surface area contributed by atoms with E-state index < -0.39 is 10.0 Å². The number of rotatable bonds is 5. The van der Waals surface area contributed by atoms with Gasteiger partial charge in [-0.2, -0.15) is 0 Å². The molecule has 2 N–H and O–H groups in total. The third-order valence-corrected chi connectivity index (χ3v) is 3.98. The molecule has 1 aromatic heterocycles. The lowest BCUT2D eigenvalue weighted by atomic mass is 10.2. The number of sulfonamides is 1. The first-order valence-electron chi connectivity index (χ1n) is 5.69. The van der Waals surface area contributed by atoms with E-state index in [1.54, 1.807) is 12.3 Å². The fourth-order valence-corrected chi connectivity index (χ4v) is 3.01. The molecule has 0 saturated heterocycles. The van der Waals surface area contributed by atoms with Crippen LogP contribution < -0.4 is 4.72 Å².